The second-order valence-electron chi connectivity index (χ2n) is 7.71. The quantitative estimate of drug-likeness (QED) is 0.625. The molecule has 2 heterocycles. The topological polar surface area (TPSA) is 51.7 Å². The fraction of sp³-hybridized carbons (Fsp3) is 0.333. The van der Waals surface area contributed by atoms with Crippen molar-refractivity contribution in [2.24, 2.45) is 0 Å². The summed E-state index contributed by atoms with van der Waals surface area (Å²) in [4.78, 5) is 18.8. The van der Waals surface area contributed by atoms with Gasteiger partial charge in [0.15, 0.2) is 6.61 Å². The number of benzene rings is 2. The summed E-state index contributed by atoms with van der Waals surface area (Å²) >= 11 is 0. The lowest BCUT2D eigenvalue weighted by molar-refractivity contribution is -0.132. The Hall–Kier alpha value is -3.08. The van der Waals surface area contributed by atoms with E-state index in [9.17, 15) is 4.79 Å². The van der Waals surface area contributed by atoms with Gasteiger partial charge in [-0.05, 0) is 35.7 Å². The summed E-state index contributed by atoms with van der Waals surface area (Å²) in [5, 5.41) is 1.05. The number of amides is 1. The zero-order chi connectivity index (χ0) is 20.2. The van der Waals surface area contributed by atoms with Gasteiger partial charge >= 0.3 is 0 Å². The molecule has 0 aliphatic carbocycles. The van der Waals surface area contributed by atoms with Gasteiger partial charge in [-0.15, -0.1) is 0 Å². The molecule has 0 bridgehead atoms. The van der Waals surface area contributed by atoms with E-state index in [1.165, 1.54) is 5.56 Å². The van der Waals surface area contributed by atoms with Gasteiger partial charge < -0.3 is 14.4 Å². The third kappa shape index (κ3) is 4.50. The molecule has 0 spiro atoms. The second kappa shape index (κ2) is 8.52. The molecule has 5 heteroatoms. The fourth-order valence-corrected chi connectivity index (χ4v) is 3.59. The maximum Gasteiger partial charge on any atom is 0.260 e. The molecule has 1 aliphatic heterocycles. The number of likely N-dealkylation sites (tertiary alicyclic amines) is 1. The zero-order valence-electron chi connectivity index (χ0n) is 16.9. The molecular weight excluding hydrogens is 364 g/mol. The molecule has 1 atom stereocenters. The standard InChI is InChI=1S/C24H26N2O3/c1-17(2)18-8-10-20(11-9-18)28-16-23(27)26-14-12-21(15-26)29-22-7-3-5-19-6-4-13-25-24(19)22/h3-11,13,17,21H,12,14-16H2,1-2H3. The Balaban J connectivity index is 1.31. The SMILES string of the molecule is CC(C)c1ccc(OCC(=O)N2CCC(Oc3cccc4cccnc34)C2)cc1. The monoisotopic (exact) mass is 390 g/mol. The summed E-state index contributed by atoms with van der Waals surface area (Å²) in [6, 6.07) is 17.8. The molecule has 1 unspecified atom stereocenters. The van der Waals surface area contributed by atoms with Gasteiger partial charge in [0.2, 0.25) is 0 Å². The first-order valence-electron chi connectivity index (χ1n) is 10.1. The Morgan fingerprint density at radius 3 is 2.72 bits per heavy atom. The van der Waals surface area contributed by atoms with Gasteiger partial charge in [0.05, 0.1) is 6.54 Å². The van der Waals surface area contributed by atoms with Gasteiger partial charge in [-0.1, -0.05) is 44.2 Å². The van der Waals surface area contributed by atoms with Gasteiger partial charge in [-0.3, -0.25) is 9.78 Å². The molecule has 1 fully saturated rings. The second-order valence-corrected chi connectivity index (χ2v) is 7.71. The Morgan fingerprint density at radius 1 is 1.14 bits per heavy atom. The van der Waals surface area contributed by atoms with Crippen LogP contribution in [0.2, 0.25) is 0 Å². The Bertz CT molecular complexity index is 980. The van der Waals surface area contributed by atoms with Gasteiger partial charge in [0.25, 0.3) is 5.91 Å². The van der Waals surface area contributed by atoms with E-state index < -0.39 is 0 Å². The molecule has 0 radical (unpaired) electrons. The van der Waals surface area contributed by atoms with Crippen LogP contribution in [0.15, 0.2) is 60.8 Å². The molecule has 1 aromatic heterocycles. The van der Waals surface area contributed by atoms with Crippen LogP contribution in [0, 0.1) is 0 Å². The van der Waals surface area contributed by atoms with Crippen molar-refractivity contribution in [3.05, 3.63) is 66.4 Å². The van der Waals surface area contributed by atoms with Gasteiger partial charge in [0, 0.05) is 24.5 Å². The molecule has 1 aliphatic rings. The number of fused-ring (bicyclic) bond motifs is 1. The van der Waals surface area contributed by atoms with E-state index in [1.54, 1.807) is 6.20 Å². The first-order chi connectivity index (χ1) is 14.1. The average molecular weight is 390 g/mol. The van der Waals surface area contributed by atoms with Crippen LogP contribution in [0.3, 0.4) is 0 Å². The van der Waals surface area contributed by atoms with Crippen LogP contribution in [0.4, 0.5) is 0 Å². The van der Waals surface area contributed by atoms with Crippen molar-refractivity contribution in [2.45, 2.75) is 32.3 Å². The van der Waals surface area contributed by atoms with Crippen molar-refractivity contribution in [3.8, 4) is 11.5 Å². The van der Waals surface area contributed by atoms with E-state index >= 15 is 0 Å². The number of hydrogen-bond acceptors (Lipinski definition) is 4. The highest BCUT2D eigenvalue weighted by molar-refractivity contribution is 5.84. The Morgan fingerprint density at radius 2 is 1.93 bits per heavy atom. The predicted octanol–water partition coefficient (Wildman–Crippen LogP) is 4.42. The van der Waals surface area contributed by atoms with Crippen LogP contribution in [0.5, 0.6) is 11.5 Å². The number of carbonyl (C=O) groups excluding carboxylic acids is 1. The van der Waals surface area contributed by atoms with Crippen molar-refractivity contribution in [3.63, 3.8) is 0 Å². The Kier molecular flexibility index (Phi) is 5.65. The smallest absolute Gasteiger partial charge is 0.260 e. The highest BCUT2D eigenvalue weighted by Crippen LogP contribution is 2.26. The van der Waals surface area contributed by atoms with Crippen molar-refractivity contribution < 1.29 is 14.3 Å². The maximum atomic E-state index is 12.5. The van der Waals surface area contributed by atoms with E-state index in [4.69, 9.17) is 9.47 Å². The van der Waals surface area contributed by atoms with Crippen molar-refractivity contribution in [1.82, 2.24) is 9.88 Å². The molecule has 2 aromatic carbocycles. The van der Waals surface area contributed by atoms with E-state index in [0.717, 1.165) is 28.8 Å². The van der Waals surface area contributed by atoms with Crippen molar-refractivity contribution in [2.75, 3.05) is 19.7 Å². The number of carbonyl (C=O) groups is 1. The molecule has 0 saturated carbocycles. The highest BCUT2D eigenvalue weighted by Gasteiger charge is 2.28. The lowest BCUT2D eigenvalue weighted by atomic mass is 10.0. The summed E-state index contributed by atoms with van der Waals surface area (Å²) in [7, 11) is 0. The minimum absolute atomic E-state index is 0.0138. The number of rotatable bonds is 6. The number of pyridine rings is 1. The molecule has 29 heavy (non-hydrogen) atoms. The van der Waals surface area contributed by atoms with Gasteiger partial charge in [0.1, 0.15) is 23.1 Å². The normalized spacial score (nSPS) is 16.4. The fourth-order valence-electron chi connectivity index (χ4n) is 3.59. The van der Waals surface area contributed by atoms with Crippen molar-refractivity contribution in [1.29, 1.82) is 0 Å². The number of ether oxygens (including phenoxy) is 2. The highest BCUT2D eigenvalue weighted by atomic mass is 16.5. The lowest BCUT2D eigenvalue weighted by Gasteiger charge is -2.18. The third-order valence-electron chi connectivity index (χ3n) is 5.30. The summed E-state index contributed by atoms with van der Waals surface area (Å²) in [5.41, 5.74) is 2.11. The van der Waals surface area contributed by atoms with E-state index in [0.29, 0.717) is 19.0 Å². The summed E-state index contributed by atoms with van der Waals surface area (Å²) in [6.07, 6.45) is 2.54. The number of hydrogen-bond donors (Lipinski definition) is 0. The molecule has 1 amide bonds. The third-order valence-corrected chi connectivity index (χ3v) is 5.30. The summed E-state index contributed by atoms with van der Waals surface area (Å²) in [6.45, 7) is 5.59. The summed E-state index contributed by atoms with van der Waals surface area (Å²) in [5.74, 6) is 1.95. The molecule has 5 nitrogen and oxygen atoms in total. The van der Waals surface area contributed by atoms with Crippen LogP contribution < -0.4 is 9.47 Å². The van der Waals surface area contributed by atoms with Crippen LogP contribution >= 0.6 is 0 Å². The summed E-state index contributed by atoms with van der Waals surface area (Å²) < 4.78 is 11.9. The van der Waals surface area contributed by atoms with Crippen LogP contribution in [-0.4, -0.2) is 41.6 Å². The molecule has 150 valence electrons. The zero-order valence-corrected chi connectivity index (χ0v) is 16.9. The van der Waals surface area contributed by atoms with E-state index in [2.05, 4.69) is 18.8 Å². The molecule has 4 rings (SSSR count). The maximum absolute atomic E-state index is 12.5. The van der Waals surface area contributed by atoms with E-state index in [1.807, 2.05) is 59.5 Å². The van der Waals surface area contributed by atoms with E-state index in [-0.39, 0.29) is 18.6 Å². The first kappa shape index (κ1) is 19.2. The number of para-hydroxylation sites is 1. The first-order valence-corrected chi connectivity index (χ1v) is 10.1. The lowest BCUT2D eigenvalue weighted by Crippen LogP contribution is -2.34. The van der Waals surface area contributed by atoms with Crippen LogP contribution in [0.25, 0.3) is 10.9 Å². The predicted molar refractivity (Wildman–Crippen MR) is 113 cm³/mol. The molecule has 0 N–H and O–H groups in total. The van der Waals surface area contributed by atoms with Gasteiger partial charge in [-0.25, -0.2) is 0 Å². The molecule has 3 aromatic rings. The minimum atomic E-state index is -0.0307. The minimum Gasteiger partial charge on any atom is -0.486 e. The average Bonchev–Trinajstić information content (AvgIpc) is 3.21. The van der Waals surface area contributed by atoms with Crippen LogP contribution in [0.1, 0.15) is 31.7 Å². The van der Waals surface area contributed by atoms with Gasteiger partial charge in [-0.2, -0.15) is 0 Å². The molecule has 1 saturated heterocycles. The largest absolute Gasteiger partial charge is 0.486 e. The Labute approximate surface area is 171 Å². The number of aromatic nitrogens is 1. The van der Waals surface area contributed by atoms with Crippen molar-refractivity contribution >= 4 is 16.8 Å². The van der Waals surface area contributed by atoms with Crippen LogP contribution in [-0.2, 0) is 4.79 Å². The molecular formula is C24H26N2O3. The number of nitrogens with zero attached hydrogens (tertiary/aromatic N) is 2.